The van der Waals surface area contributed by atoms with Gasteiger partial charge in [0.25, 0.3) is 0 Å². The van der Waals surface area contributed by atoms with E-state index >= 15 is 0 Å². The third-order valence-corrected chi connectivity index (χ3v) is 3.99. The van der Waals surface area contributed by atoms with Crippen LogP contribution in [0.5, 0.6) is 0 Å². The molecule has 2 heterocycles. The first kappa shape index (κ1) is 11.6. The van der Waals surface area contributed by atoms with E-state index in [4.69, 9.17) is 11.6 Å². The van der Waals surface area contributed by atoms with Crippen molar-refractivity contribution in [2.24, 2.45) is 0 Å². The standard InChI is InChI=1S/C12H13ClN2S/c1-8-7-15-5-3-9(8)11(14-2)12-10(13)4-6-16-12/h3-7,11,14H,1-2H3. The topological polar surface area (TPSA) is 24.9 Å². The number of nitrogens with one attached hydrogen (secondary N) is 1. The molecular formula is C12H13ClN2S. The Morgan fingerprint density at radius 2 is 2.25 bits per heavy atom. The van der Waals surface area contributed by atoms with Gasteiger partial charge in [-0.15, -0.1) is 11.3 Å². The minimum atomic E-state index is 0.149. The van der Waals surface area contributed by atoms with Crippen LogP contribution in [0.15, 0.2) is 29.9 Å². The molecule has 1 unspecified atom stereocenters. The van der Waals surface area contributed by atoms with Crippen molar-refractivity contribution in [3.63, 3.8) is 0 Å². The highest BCUT2D eigenvalue weighted by atomic mass is 35.5. The van der Waals surface area contributed by atoms with Gasteiger partial charge in [0.05, 0.1) is 11.1 Å². The lowest BCUT2D eigenvalue weighted by atomic mass is 10.0. The second-order valence-electron chi connectivity index (χ2n) is 3.59. The van der Waals surface area contributed by atoms with Gasteiger partial charge in [-0.3, -0.25) is 4.98 Å². The van der Waals surface area contributed by atoms with Crippen molar-refractivity contribution in [1.29, 1.82) is 0 Å². The minimum Gasteiger partial charge on any atom is -0.309 e. The fourth-order valence-electron chi connectivity index (χ4n) is 1.75. The van der Waals surface area contributed by atoms with E-state index in [9.17, 15) is 0 Å². The number of aryl methyl sites for hydroxylation is 1. The summed E-state index contributed by atoms with van der Waals surface area (Å²) >= 11 is 7.84. The lowest BCUT2D eigenvalue weighted by Gasteiger charge is -2.17. The first-order valence-electron chi connectivity index (χ1n) is 5.04. The van der Waals surface area contributed by atoms with Crippen molar-refractivity contribution in [3.8, 4) is 0 Å². The Bertz CT molecular complexity index is 481. The molecular weight excluding hydrogens is 240 g/mol. The molecule has 1 N–H and O–H groups in total. The van der Waals surface area contributed by atoms with Crippen LogP contribution in [-0.4, -0.2) is 12.0 Å². The molecule has 2 nitrogen and oxygen atoms in total. The molecule has 0 aliphatic rings. The summed E-state index contributed by atoms with van der Waals surface area (Å²) in [6, 6.07) is 4.12. The molecule has 16 heavy (non-hydrogen) atoms. The molecule has 0 fully saturated rings. The second kappa shape index (κ2) is 4.95. The quantitative estimate of drug-likeness (QED) is 0.906. The van der Waals surface area contributed by atoms with E-state index in [2.05, 4.69) is 17.2 Å². The molecule has 0 radical (unpaired) electrons. The highest BCUT2D eigenvalue weighted by Crippen LogP contribution is 2.33. The van der Waals surface area contributed by atoms with Gasteiger partial charge in [0.2, 0.25) is 0 Å². The van der Waals surface area contributed by atoms with Gasteiger partial charge in [-0.2, -0.15) is 0 Å². The van der Waals surface area contributed by atoms with E-state index in [0.717, 1.165) is 9.90 Å². The van der Waals surface area contributed by atoms with E-state index in [1.54, 1.807) is 11.3 Å². The van der Waals surface area contributed by atoms with Crippen molar-refractivity contribution in [2.45, 2.75) is 13.0 Å². The number of pyridine rings is 1. The van der Waals surface area contributed by atoms with Gasteiger partial charge in [-0.1, -0.05) is 11.6 Å². The second-order valence-corrected chi connectivity index (χ2v) is 4.94. The maximum Gasteiger partial charge on any atom is 0.0687 e. The maximum atomic E-state index is 6.17. The van der Waals surface area contributed by atoms with Gasteiger partial charge >= 0.3 is 0 Å². The van der Waals surface area contributed by atoms with Crippen LogP contribution in [0.2, 0.25) is 5.02 Å². The summed E-state index contributed by atoms with van der Waals surface area (Å²) in [4.78, 5) is 5.26. The number of nitrogens with zero attached hydrogens (tertiary/aromatic N) is 1. The number of thiophene rings is 1. The molecule has 2 aromatic heterocycles. The summed E-state index contributed by atoms with van der Waals surface area (Å²) in [5.74, 6) is 0. The SMILES string of the molecule is CNC(c1ccncc1C)c1sccc1Cl. The van der Waals surface area contributed by atoms with Crippen LogP contribution in [-0.2, 0) is 0 Å². The molecule has 0 saturated heterocycles. The summed E-state index contributed by atoms with van der Waals surface area (Å²) in [5, 5.41) is 6.13. The van der Waals surface area contributed by atoms with Gasteiger partial charge in [-0.05, 0) is 42.6 Å². The van der Waals surface area contributed by atoms with Gasteiger partial charge in [-0.25, -0.2) is 0 Å². The summed E-state index contributed by atoms with van der Waals surface area (Å²) in [6.45, 7) is 2.06. The molecule has 0 saturated carbocycles. The summed E-state index contributed by atoms with van der Waals surface area (Å²) in [7, 11) is 1.95. The van der Waals surface area contributed by atoms with Crippen LogP contribution >= 0.6 is 22.9 Å². The Kier molecular flexibility index (Phi) is 3.59. The summed E-state index contributed by atoms with van der Waals surface area (Å²) < 4.78 is 0. The number of hydrogen-bond acceptors (Lipinski definition) is 3. The number of rotatable bonds is 3. The molecule has 4 heteroatoms. The molecule has 84 valence electrons. The van der Waals surface area contributed by atoms with Gasteiger partial charge in [0.1, 0.15) is 0 Å². The van der Waals surface area contributed by atoms with Crippen LogP contribution in [0.25, 0.3) is 0 Å². The van der Waals surface area contributed by atoms with E-state index in [1.165, 1.54) is 11.1 Å². The van der Waals surface area contributed by atoms with E-state index < -0.39 is 0 Å². The predicted molar refractivity (Wildman–Crippen MR) is 69.2 cm³/mol. The zero-order valence-electron chi connectivity index (χ0n) is 9.20. The smallest absolute Gasteiger partial charge is 0.0687 e. The highest BCUT2D eigenvalue weighted by Gasteiger charge is 2.17. The van der Waals surface area contributed by atoms with Crippen LogP contribution in [0, 0.1) is 6.92 Å². The molecule has 2 aromatic rings. The summed E-state index contributed by atoms with van der Waals surface area (Å²) in [6.07, 6.45) is 3.69. The minimum absolute atomic E-state index is 0.149. The molecule has 0 aromatic carbocycles. The molecule has 0 amide bonds. The molecule has 0 aliphatic carbocycles. The Morgan fingerprint density at radius 3 is 2.81 bits per heavy atom. The molecule has 0 bridgehead atoms. The first-order valence-corrected chi connectivity index (χ1v) is 6.30. The Morgan fingerprint density at radius 1 is 1.44 bits per heavy atom. The van der Waals surface area contributed by atoms with Crippen LogP contribution in [0.4, 0.5) is 0 Å². The fourth-order valence-corrected chi connectivity index (χ4v) is 3.04. The lowest BCUT2D eigenvalue weighted by Crippen LogP contribution is -2.17. The van der Waals surface area contributed by atoms with Crippen LogP contribution in [0.3, 0.4) is 0 Å². The van der Waals surface area contributed by atoms with Crippen molar-refractivity contribution < 1.29 is 0 Å². The molecule has 0 spiro atoms. The van der Waals surface area contributed by atoms with E-state index in [0.29, 0.717) is 0 Å². The lowest BCUT2D eigenvalue weighted by molar-refractivity contribution is 0.698. The van der Waals surface area contributed by atoms with Crippen LogP contribution in [0.1, 0.15) is 22.0 Å². The molecule has 1 atom stereocenters. The van der Waals surface area contributed by atoms with Crippen LogP contribution < -0.4 is 5.32 Å². The third-order valence-electron chi connectivity index (χ3n) is 2.57. The highest BCUT2D eigenvalue weighted by molar-refractivity contribution is 7.10. The average molecular weight is 253 g/mol. The zero-order valence-corrected chi connectivity index (χ0v) is 10.8. The predicted octanol–water partition coefficient (Wildman–Crippen LogP) is 3.41. The normalized spacial score (nSPS) is 12.7. The summed E-state index contributed by atoms with van der Waals surface area (Å²) in [5.41, 5.74) is 2.40. The Hall–Kier alpha value is -0.900. The zero-order chi connectivity index (χ0) is 11.5. The molecule has 2 rings (SSSR count). The van der Waals surface area contributed by atoms with E-state index in [1.807, 2.05) is 37.0 Å². The maximum absolute atomic E-state index is 6.17. The van der Waals surface area contributed by atoms with Crippen molar-refractivity contribution in [2.75, 3.05) is 7.05 Å². The van der Waals surface area contributed by atoms with Gasteiger partial charge in [0.15, 0.2) is 0 Å². The number of hydrogen-bond donors (Lipinski definition) is 1. The third kappa shape index (κ3) is 2.12. The fraction of sp³-hybridized carbons (Fsp3) is 0.250. The average Bonchev–Trinajstić information content (AvgIpc) is 2.69. The van der Waals surface area contributed by atoms with Gasteiger partial charge in [0, 0.05) is 17.3 Å². The van der Waals surface area contributed by atoms with Crippen molar-refractivity contribution >= 4 is 22.9 Å². The van der Waals surface area contributed by atoms with Crippen molar-refractivity contribution in [3.05, 3.63) is 50.9 Å². The molecule has 0 aliphatic heterocycles. The number of aromatic nitrogens is 1. The van der Waals surface area contributed by atoms with E-state index in [-0.39, 0.29) is 6.04 Å². The van der Waals surface area contributed by atoms with Gasteiger partial charge < -0.3 is 5.32 Å². The van der Waals surface area contributed by atoms with Crippen molar-refractivity contribution in [1.82, 2.24) is 10.3 Å². The first-order chi connectivity index (χ1) is 7.74. The largest absolute Gasteiger partial charge is 0.309 e. The Labute approximate surface area is 104 Å². The number of halogens is 1. The Balaban J connectivity index is 2.45. The monoisotopic (exact) mass is 252 g/mol.